The van der Waals surface area contributed by atoms with Gasteiger partial charge in [0.15, 0.2) is 0 Å². The first-order valence-electron chi connectivity index (χ1n) is 9.34. The number of fused-ring (bicyclic) bond motifs is 1. The lowest BCUT2D eigenvalue weighted by molar-refractivity contribution is 0.251. The fourth-order valence-corrected chi connectivity index (χ4v) is 5.55. The van der Waals surface area contributed by atoms with Gasteiger partial charge in [0.2, 0.25) is 16.0 Å². The number of piperidine rings is 1. The van der Waals surface area contributed by atoms with Crippen LogP contribution in [-0.4, -0.2) is 35.3 Å². The Kier molecular flexibility index (Phi) is 4.91. The van der Waals surface area contributed by atoms with Crippen molar-refractivity contribution in [1.29, 1.82) is 0 Å². The van der Waals surface area contributed by atoms with Gasteiger partial charge in [-0.15, -0.1) is 0 Å². The zero-order valence-electron chi connectivity index (χ0n) is 15.5. The molecule has 0 spiro atoms. The molecule has 4 N–H and O–H groups in total. The van der Waals surface area contributed by atoms with Crippen LogP contribution in [0.1, 0.15) is 24.8 Å². The number of sulfonamides is 1. The fraction of sp³-hybridized carbons (Fsp3) is 0.300. The van der Waals surface area contributed by atoms with E-state index in [2.05, 4.69) is 9.97 Å². The average Bonchev–Trinajstić information content (AvgIpc) is 2.68. The molecule has 3 aromatic rings. The monoisotopic (exact) mass is 397 g/mol. The highest BCUT2D eigenvalue weighted by atomic mass is 32.2. The highest BCUT2D eigenvalue weighted by molar-refractivity contribution is 7.89. The van der Waals surface area contributed by atoms with Crippen LogP contribution in [0.4, 0.5) is 11.8 Å². The number of anilines is 2. The molecule has 2 heterocycles. The van der Waals surface area contributed by atoms with Crippen LogP contribution in [0, 0.1) is 0 Å². The first-order chi connectivity index (χ1) is 13.4. The van der Waals surface area contributed by atoms with E-state index in [1.165, 1.54) is 0 Å². The van der Waals surface area contributed by atoms with Gasteiger partial charge in [-0.25, -0.2) is 13.4 Å². The van der Waals surface area contributed by atoms with Gasteiger partial charge < -0.3 is 11.5 Å². The maximum Gasteiger partial charge on any atom is 0.243 e. The van der Waals surface area contributed by atoms with Gasteiger partial charge in [-0.2, -0.15) is 9.29 Å². The third-order valence-corrected chi connectivity index (χ3v) is 7.16. The summed E-state index contributed by atoms with van der Waals surface area (Å²) in [5.74, 6) is 0.249. The number of rotatable bonds is 4. The molecular formula is C20H23N5O2S. The Hall–Kier alpha value is -2.71. The predicted octanol–water partition coefficient (Wildman–Crippen LogP) is 2.58. The third-order valence-electron chi connectivity index (χ3n) is 5.21. The van der Waals surface area contributed by atoms with E-state index in [4.69, 9.17) is 11.5 Å². The quantitative estimate of drug-likeness (QED) is 0.699. The molecule has 0 aliphatic carbocycles. The van der Waals surface area contributed by atoms with E-state index in [1.54, 1.807) is 22.5 Å². The standard InChI is InChI=1S/C20H23N5O2S/c21-19-17-13-16(9-10-18(17)23-20(22)24-19)28(26,27)25-11-5-4-8-15(25)12-14-6-2-1-3-7-14/h1-3,6-7,9-10,13,15H,4-5,8,11-12H2,(H4,21,22,23,24). The van der Waals surface area contributed by atoms with E-state index in [1.807, 2.05) is 30.3 Å². The molecule has 1 aliphatic heterocycles. The van der Waals surface area contributed by atoms with Crippen molar-refractivity contribution in [2.75, 3.05) is 18.0 Å². The van der Waals surface area contributed by atoms with Crippen molar-refractivity contribution in [3.8, 4) is 0 Å². The second-order valence-electron chi connectivity index (χ2n) is 7.10. The summed E-state index contributed by atoms with van der Waals surface area (Å²) in [7, 11) is -3.66. The number of nitrogens with zero attached hydrogens (tertiary/aromatic N) is 3. The number of hydrogen-bond acceptors (Lipinski definition) is 6. The number of aromatic nitrogens is 2. The van der Waals surface area contributed by atoms with Crippen molar-refractivity contribution in [2.24, 2.45) is 0 Å². The average molecular weight is 398 g/mol. The fourth-order valence-electron chi connectivity index (χ4n) is 3.83. The van der Waals surface area contributed by atoms with Crippen molar-refractivity contribution >= 4 is 32.7 Å². The summed E-state index contributed by atoms with van der Waals surface area (Å²) < 4.78 is 28.5. The highest BCUT2D eigenvalue weighted by Gasteiger charge is 2.33. The Bertz CT molecular complexity index is 1100. The first-order valence-corrected chi connectivity index (χ1v) is 10.8. The van der Waals surface area contributed by atoms with Gasteiger partial charge in [0.1, 0.15) is 5.82 Å². The smallest absolute Gasteiger partial charge is 0.243 e. The number of nitrogens with two attached hydrogens (primary N) is 2. The molecule has 7 nitrogen and oxygen atoms in total. The van der Waals surface area contributed by atoms with Crippen molar-refractivity contribution in [3.05, 3.63) is 54.1 Å². The lowest BCUT2D eigenvalue weighted by atomic mass is 9.98. The Balaban J connectivity index is 1.70. The van der Waals surface area contributed by atoms with Crippen LogP contribution >= 0.6 is 0 Å². The Labute approximate surface area is 164 Å². The Morgan fingerprint density at radius 1 is 1.04 bits per heavy atom. The molecule has 1 saturated heterocycles. The first kappa shape index (κ1) is 18.6. The molecule has 2 aromatic carbocycles. The zero-order valence-corrected chi connectivity index (χ0v) is 16.3. The molecule has 1 atom stereocenters. The second-order valence-corrected chi connectivity index (χ2v) is 8.99. The van der Waals surface area contributed by atoms with E-state index in [9.17, 15) is 8.42 Å². The van der Waals surface area contributed by atoms with E-state index in [0.29, 0.717) is 23.9 Å². The van der Waals surface area contributed by atoms with Gasteiger partial charge in [-0.05, 0) is 43.0 Å². The minimum atomic E-state index is -3.66. The summed E-state index contributed by atoms with van der Waals surface area (Å²) in [4.78, 5) is 8.27. The van der Waals surface area contributed by atoms with Crippen LogP contribution in [0.3, 0.4) is 0 Å². The van der Waals surface area contributed by atoms with Gasteiger partial charge in [-0.3, -0.25) is 0 Å². The Morgan fingerprint density at radius 3 is 2.61 bits per heavy atom. The molecule has 1 fully saturated rings. The van der Waals surface area contributed by atoms with E-state index < -0.39 is 10.0 Å². The summed E-state index contributed by atoms with van der Waals surface area (Å²) in [6, 6.07) is 14.7. The summed E-state index contributed by atoms with van der Waals surface area (Å²) in [6.07, 6.45) is 3.44. The molecule has 1 unspecified atom stereocenters. The lowest BCUT2D eigenvalue weighted by Crippen LogP contribution is -2.44. The van der Waals surface area contributed by atoms with Crippen LogP contribution in [0.2, 0.25) is 0 Å². The van der Waals surface area contributed by atoms with Gasteiger partial charge in [0.25, 0.3) is 0 Å². The number of hydrogen-bond donors (Lipinski definition) is 2. The molecule has 1 aliphatic rings. The maximum absolute atomic E-state index is 13.4. The molecule has 0 radical (unpaired) electrons. The van der Waals surface area contributed by atoms with Gasteiger partial charge in [0.05, 0.1) is 10.4 Å². The largest absolute Gasteiger partial charge is 0.383 e. The van der Waals surface area contributed by atoms with Crippen LogP contribution in [0.5, 0.6) is 0 Å². The SMILES string of the molecule is Nc1nc(N)c2cc(S(=O)(=O)N3CCCCC3Cc3ccccc3)ccc2n1. The minimum absolute atomic E-state index is 0.0585. The van der Waals surface area contributed by atoms with Crippen LogP contribution in [0.25, 0.3) is 10.9 Å². The van der Waals surface area contributed by atoms with E-state index in [0.717, 1.165) is 24.8 Å². The molecule has 28 heavy (non-hydrogen) atoms. The van der Waals surface area contributed by atoms with E-state index >= 15 is 0 Å². The van der Waals surface area contributed by atoms with Crippen LogP contribution in [-0.2, 0) is 16.4 Å². The normalized spacial score (nSPS) is 18.4. The lowest BCUT2D eigenvalue weighted by Gasteiger charge is -2.35. The van der Waals surface area contributed by atoms with Gasteiger partial charge in [0, 0.05) is 18.0 Å². The summed E-state index contributed by atoms with van der Waals surface area (Å²) in [5.41, 5.74) is 13.2. The number of nitrogen functional groups attached to an aromatic ring is 2. The summed E-state index contributed by atoms with van der Waals surface area (Å²) in [6.45, 7) is 0.519. The predicted molar refractivity (Wildman–Crippen MR) is 110 cm³/mol. The highest BCUT2D eigenvalue weighted by Crippen LogP contribution is 2.30. The molecule has 0 saturated carbocycles. The molecule has 1 aromatic heterocycles. The molecule has 0 bridgehead atoms. The molecular weight excluding hydrogens is 374 g/mol. The number of benzene rings is 2. The van der Waals surface area contributed by atoms with Gasteiger partial charge >= 0.3 is 0 Å². The Morgan fingerprint density at radius 2 is 1.82 bits per heavy atom. The summed E-state index contributed by atoms with van der Waals surface area (Å²) >= 11 is 0. The van der Waals surface area contributed by atoms with Gasteiger partial charge in [-0.1, -0.05) is 36.8 Å². The molecule has 146 valence electrons. The van der Waals surface area contributed by atoms with Crippen molar-refractivity contribution in [2.45, 2.75) is 36.6 Å². The van der Waals surface area contributed by atoms with Crippen LogP contribution < -0.4 is 11.5 Å². The van der Waals surface area contributed by atoms with E-state index in [-0.39, 0.29) is 22.7 Å². The topological polar surface area (TPSA) is 115 Å². The molecule has 0 amide bonds. The maximum atomic E-state index is 13.4. The second kappa shape index (κ2) is 7.37. The summed E-state index contributed by atoms with van der Waals surface area (Å²) in [5, 5.41) is 0.492. The minimum Gasteiger partial charge on any atom is -0.383 e. The zero-order chi connectivity index (χ0) is 19.7. The van der Waals surface area contributed by atoms with Crippen molar-refractivity contribution in [3.63, 3.8) is 0 Å². The van der Waals surface area contributed by atoms with Crippen LogP contribution in [0.15, 0.2) is 53.4 Å². The molecule has 8 heteroatoms. The third kappa shape index (κ3) is 3.53. The van der Waals surface area contributed by atoms with Crippen molar-refractivity contribution in [1.82, 2.24) is 14.3 Å². The van der Waals surface area contributed by atoms with Crippen molar-refractivity contribution < 1.29 is 8.42 Å². The molecule has 4 rings (SSSR count).